The molecule has 1 amide bonds. The smallest absolute Gasteiger partial charge is 0.271 e. The van der Waals surface area contributed by atoms with Crippen molar-refractivity contribution in [1.29, 1.82) is 0 Å². The van der Waals surface area contributed by atoms with E-state index in [9.17, 15) is 4.79 Å². The Hall–Kier alpha value is -4.94. The highest BCUT2D eigenvalue weighted by atomic mass is 79.9. The SMILES string of the molecule is O=C(N/N=C\c1cccn1-c1ccc(Br)cc1)c1ccc(-n2c(-c3ccccc3)ccc2-c2ccccc2)cc1. The maximum Gasteiger partial charge on any atom is 0.271 e. The van der Waals surface area contributed by atoms with E-state index < -0.39 is 0 Å². The van der Waals surface area contributed by atoms with E-state index in [1.807, 2.05) is 108 Å². The zero-order valence-electron chi connectivity index (χ0n) is 21.5. The maximum absolute atomic E-state index is 12.9. The zero-order valence-corrected chi connectivity index (χ0v) is 23.1. The number of hydrazone groups is 1. The highest BCUT2D eigenvalue weighted by Gasteiger charge is 2.14. The van der Waals surface area contributed by atoms with Gasteiger partial charge in [0, 0.05) is 27.6 Å². The largest absolute Gasteiger partial charge is 0.316 e. The van der Waals surface area contributed by atoms with Crippen molar-refractivity contribution in [3.8, 4) is 33.9 Å². The molecule has 0 aliphatic rings. The monoisotopic (exact) mass is 584 g/mol. The number of nitrogens with zero attached hydrogens (tertiary/aromatic N) is 3. The Labute approximate surface area is 241 Å². The molecule has 0 aliphatic heterocycles. The molecule has 5 nitrogen and oxygen atoms in total. The molecule has 0 saturated heterocycles. The van der Waals surface area contributed by atoms with Gasteiger partial charge in [-0.25, -0.2) is 5.43 Å². The summed E-state index contributed by atoms with van der Waals surface area (Å²) in [4.78, 5) is 12.9. The summed E-state index contributed by atoms with van der Waals surface area (Å²) in [6.07, 6.45) is 3.60. The number of hydrogen-bond acceptors (Lipinski definition) is 2. The third-order valence-corrected chi connectivity index (χ3v) is 7.18. The van der Waals surface area contributed by atoms with Crippen molar-refractivity contribution in [3.63, 3.8) is 0 Å². The molecule has 1 N–H and O–H groups in total. The molecular weight excluding hydrogens is 560 g/mol. The topological polar surface area (TPSA) is 51.3 Å². The summed E-state index contributed by atoms with van der Waals surface area (Å²) in [6, 6.07) is 44.4. The number of carbonyl (C=O) groups is 1. The Morgan fingerprint density at radius 3 is 1.82 bits per heavy atom. The lowest BCUT2D eigenvalue weighted by Gasteiger charge is -2.15. The van der Waals surface area contributed by atoms with Crippen LogP contribution in [0.4, 0.5) is 0 Å². The molecule has 0 bridgehead atoms. The highest BCUT2D eigenvalue weighted by Crippen LogP contribution is 2.32. The van der Waals surface area contributed by atoms with Crippen LogP contribution in [-0.4, -0.2) is 21.3 Å². The molecule has 6 rings (SSSR count). The van der Waals surface area contributed by atoms with Crippen molar-refractivity contribution in [2.75, 3.05) is 0 Å². The van der Waals surface area contributed by atoms with Crippen molar-refractivity contribution in [3.05, 3.63) is 155 Å². The van der Waals surface area contributed by atoms with E-state index in [1.165, 1.54) is 0 Å². The first-order valence-corrected chi connectivity index (χ1v) is 13.7. The number of nitrogens with one attached hydrogen (secondary N) is 1. The van der Waals surface area contributed by atoms with Crippen LogP contribution >= 0.6 is 15.9 Å². The number of hydrogen-bond donors (Lipinski definition) is 1. The van der Waals surface area contributed by atoms with Gasteiger partial charge in [0.05, 0.1) is 23.3 Å². The summed E-state index contributed by atoms with van der Waals surface area (Å²) in [5, 5.41) is 4.21. The molecule has 40 heavy (non-hydrogen) atoms. The zero-order chi connectivity index (χ0) is 27.3. The average Bonchev–Trinajstić information content (AvgIpc) is 3.66. The van der Waals surface area contributed by atoms with Gasteiger partial charge < -0.3 is 9.13 Å². The predicted molar refractivity (Wildman–Crippen MR) is 165 cm³/mol. The summed E-state index contributed by atoms with van der Waals surface area (Å²) < 4.78 is 5.24. The van der Waals surface area contributed by atoms with E-state index in [0.717, 1.165) is 44.1 Å². The molecule has 0 unspecified atom stereocenters. The van der Waals surface area contributed by atoms with Gasteiger partial charge in [0.15, 0.2) is 0 Å². The van der Waals surface area contributed by atoms with Crippen LogP contribution in [0, 0.1) is 0 Å². The lowest BCUT2D eigenvalue weighted by atomic mass is 10.1. The van der Waals surface area contributed by atoms with Gasteiger partial charge in [0.25, 0.3) is 5.91 Å². The molecule has 0 aliphatic carbocycles. The predicted octanol–water partition coefficient (Wildman–Crippen LogP) is 8.13. The van der Waals surface area contributed by atoms with Crippen molar-refractivity contribution in [2.45, 2.75) is 0 Å². The van der Waals surface area contributed by atoms with Gasteiger partial charge in [-0.3, -0.25) is 4.79 Å². The van der Waals surface area contributed by atoms with Crippen LogP contribution in [0.3, 0.4) is 0 Å². The second-order valence-corrected chi connectivity index (χ2v) is 10.1. The molecule has 0 radical (unpaired) electrons. The van der Waals surface area contributed by atoms with E-state index in [1.54, 1.807) is 6.21 Å². The van der Waals surface area contributed by atoms with E-state index in [0.29, 0.717) is 5.56 Å². The van der Waals surface area contributed by atoms with Gasteiger partial charge >= 0.3 is 0 Å². The molecular formula is C34H25BrN4O. The average molecular weight is 586 g/mol. The minimum absolute atomic E-state index is 0.274. The lowest BCUT2D eigenvalue weighted by Crippen LogP contribution is -2.18. The fourth-order valence-electron chi connectivity index (χ4n) is 4.70. The van der Waals surface area contributed by atoms with Gasteiger partial charge in [0.2, 0.25) is 0 Å². The first kappa shape index (κ1) is 25.3. The maximum atomic E-state index is 12.9. The number of carbonyl (C=O) groups excluding carboxylic acids is 1. The fraction of sp³-hybridized carbons (Fsp3) is 0. The highest BCUT2D eigenvalue weighted by molar-refractivity contribution is 9.10. The summed E-state index contributed by atoms with van der Waals surface area (Å²) >= 11 is 3.47. The van der Waals surface area contributed by atoms with Crippen molar-refractivity contribution in [1.82, 2.24) is 14.6 Å². The van der Waals surface area contributed by atoms with Crippen LogP contribution in [0.5, 0.6) is 0 Å². The number of aromatic nitrogens is 2. The normalized spacial score (nSPS) is 11.1. The molecule has 2 heterocycles. The molecule has 0 spiro atoms. The Morgan fingerprint density at radius 1 is 0.650 bits per heavy atom. The first-order valence-electron chi connectivity index (χ1n) is 12.9. The quantitative estimate of drug-likeness (QED) is 0.149. The van der Waals surface area contributed by atoms with Crippen LogP contribution in [0.25, 0.3) is 33.9 Å². The Bertz CT molecular complexity index is 1710. The van der Waals surface area contributed by atoms with Crippen molar-refractivity contribution in [2.24, 2.45) is 5.10 Å². The van der Waals surface area contributed by atoms with Gasteiger partial charge in [-0.1, -0.05) is 76.6 Å². The molecule has 2 aromatic heterocycles. The third kappa shape index (κ3) is 5.30. The molecule has 0 atom stereocenters. The van der Waals surface area contributed by atoms with E-state index in [2.05, 4.69) is 67.4 Å². The second-order valence-electron chi connectivity index (χ2n) is 9.20. The lowest BCUT2D eigenvalue weighted by molar-refractivity contribution is 0.0955. The molecule has 0 saturated carbocycles. The minimum Gasteiger partial charge on any atom is -0.316 e. The third-order valence-electron chi connectivity index (χ3n) is 6.66. The van der Waals surface area contributed by atoms with E-state index in [-0.39, 0.29) is 5.91 Å². The van der Waals surface area contributed by atoms with Gasteiger partial charge in [-0.15, -0.1) is 0 Å². The number of halogens is 1. The van der Waals surface area contributed by atoms with E-state index in [4.69, 9.17) is 0 Å². The Morgan fingerprint density at radius 2 is 1.23 bits per heavy atom. The summed E-state index contributed by atoms with van der Waals surface area (Å²) in [6.45, 7) is 0. The first-order chi connectivity index (χ1) is 19.7. The molecule has 6 aromatic rings. The molecule has 6 heteroatoms. The standard InChI is InChI=1S/C34H25BrN4O/c35-28-15-19-29(20-16-28)38-23-7-12-31(38)24-36-37-34(40)27-13-17-30(18-14-27)39-32(25-8-3-1-4-9-25)21-22-33(39)26-10-5-2-6-11-26/h1-24H,(H,37,40)/b36-24-. The molecule has 4 aromatic carbocycles. The summed E-state index contributed by atoms with van der Waals surface area (Å²) in [5.41, 5.74) is 10.4. The Kier molecular flexibility index (Phi) is 7.24. The number of amides is 1. The van der Waals surface area contributed by atoms with Crippen LogP contribution < -0.4 is 5.43 Å². The van der Waals surface area contributed by atoms with Crippen LogP contribution in [0.1, 0.15) is 16.1 Å². The van der Waals surface area contributed by atoms with E-state index >= 15 is 0 Å². The van der Waals surface area contributed by atoms with Gasteiger partial charge in [0.1, 0.15) is 0 Å². The van der Waals surface area contributed by atoms with Gasteiger partial charge in [-0.2, -0.15) is 5.10 Å². The molecule has 194 valence electrons. The van der Waals surface area contributed by atoms with Crippen LogP contribution in [0.2, 0.25) is 0 Å². The minimum atomic E-state index is -0.274. The van der Waals surface area contributed by atoms with Gasteiger partial charge in [-0.05, 0) is 83.9 Å². The van der Waals surface area contributed by atoms with Crippen LogP contribution in [-0.2, 0) is 0 Å². The number of benzene rings is 4. The Balaban J connectivity index is 1.24. The number of rotatable bonds is 7. The fourth-order valence-corrected chi connectivity index (χ4v) is 4.97. The summed E-state index contributed by atoms with van der Waals surface area (Å²) in [7, 11) is 0. The second kappa shape index (κ2) is 11.4. The molecule has 0 fully saturated rings. The van der Waals surface area contributed by atoms with Crippen molar-refractivity contribution < 1.29 is 4.79 Å². The van der Waals surface area contributed by atoms with Crippen molar-refractivity contribution >= 4 is 28.1 Å². The van der Waals surface area contributed by atoms with Crippen LogP contribution in [0.15, 0.2) is 149 Å². The summed E-state index contributed by atoms with van der Waals surface area (Å²) in [5.74, 6) is -0.274.